The van der Waals surface area contributed by atoms with Crippen molar-refractivity contribution >= 4 is 11.6 Å². The van der Waals surface area contributed by atoms with Crippen molar-refractivity contribution in [1.82, 2.24) is 0 Å². The Morgan fingerprint density at radius 1 is 1.29 bits per heavy atom. The number of hydrogen-bond acceptors (Lipinski definition) is 3. The maximum absolute atomic E-state index is 9.11. The molecule has 0 aliphatic rings. The number of halogens is 1. The Morgan fingerprint density at radius 2 is 2.00 bits per heavy atom. The molecule has 0 radical (unpaired) electrons. The van der Waals surface area contributed by atoms with Gasteiger partial charge in [-0.2, -0.15) is 0 Å². The molecule has 0 fully saturated rings. The van der Waals surface area contributed by atoms with E-state index in [9.17, 15) is 0 Å². The zero-order chi connectivity index (χ0) is 10.6. The Morgan fingerprint density at radius 3 is 2.43 bits per heavy atom. The molecule has 0 amide bonds. The van der Waals surface area contributed by atoms with Gasteiger partial charge in [-0.3, -0.25) is 0 Å². The zero-order valence-electron chi connectivity index (χ0n) is 8.21. The van der Waals surface area contributed by atoms with Gasteiger partial charge in [0.2, 0.25) is 0 Å². The van der Waals surface area contributed by atoms with E-state index in [0.29, 0.717) is 22.9 Å². The van der Waals surface area contributed by atoms with Gasteiger partial charge < -0.3 is 14.6 Å². The summed E-state index contributed by atoms with van der Waals surface area (Å²) in [5.74, 6) is 1.53. The number of benzene rings is 1. The summed E-state index contributed by atoms with van der Waals surface area (Å²) >= 11 is 5.70. The van der Waals surface area contributed by atoms with E-state index in [0.717, 1.165) is 5.56 Å². The number of hydrogen-bond donors (Lipinski definition) is 1. The van der Waals surface area contributed by atoms with Gasteiger partial charge in [0.25, 0.3) is 0 Å². The first kappa shape index (κ1) is 11.1. The van der Waals surface area contributed by atoms with E-state index in [1.54, 1.807) is 19.2 Å². The summed E-state index contributed by atoms with van der Waals surface area (Å²) in [6.07, 6.45) is 0. The molecule has 1 aromatic rings. The minimum absolute atomic E-state index is 0.0930. The van der Waals surface area contributed by atoms with Crippen molar-refractivity contribution in [1.29, 1.82) is 0 Å². The van der Waals surface area contributed by atoms with Gasteiger partial charge in [0.15, 0.2) is 11.5 Å². The Bertz CT molecular complexity index is 287. The molecule has 3 nitrogen and oxygen atoms in total. The number of aliphatic hydroxyl groups excluding tert-OH is 1. The molecule has 1 rings (SSSR count). The second-order valence-corrected chi connectivity index (χ2v) is 3.05. The molecular weight excluding hydrogens is 204 g/mol. The third kappa shape index (κ3) is 2.11. The molecule has 0 aliphatic heterocycles. The highest BCUT2D eigenvalue weighted by Crippen LogP contribution is 2.33. The molecule has 0 atom stereocenters. The van der Waals surface area contributed by atoms with Crippen LogP contribution < -0.4 is 9.47 Å². The van der Waals surface area contributed by atoms with Gasteiger partial charge in [-0.25, -0.2) is 0 Å². The maximum Gasteiger partial charge on any atom is 0.166 e. The molecule has 0 aliphatic carbocycles. The van der Waals surface area contributed by atoms with Crippen molar-refractivity contribution in [3.8, 4) is 11.5 Å². The maximum atomic E-state index is 9.11. The van der Waals surface area contributed by atoms with Crippen LogP contribution in [0.25, 0.3) is 0 Å². The normalized spacial score (nSPS) is 10.0. The monoisotopic (exact) mass is 216 g/mol. The number of methoxy groups -OCH3 is 2. The van der Waals surface area contributed by atoms with Gasteiger partial charge in [0.1, 0.15) is 0 Å². The number of alkyl halides is 1. The fourth-order valence-electron chi connectivity index (χ4n) is 1.30. The molecule has 1 aromatic carbocycles. The van der Waals surface area contributed by atoms with Gasteiger partial charge in [0.05, 0.1) is 20.8 Å². The quantitative estimate of drug-likeness (QED) is 0.782. The summed E-state index contributed by atoms with van der Waals surface area (Å²) in [6.45, 7) is -0.0930. The van der Waals surface area contributed by atoms with E-state index in [-0.39, 0.29) is 6.61 Å². The molecule has 0 unspecified atom stereocenters. The second kappa shape index (κ2) is 5.08. The highest BCUT2D eigenvalue weighted by molar-refractivity contribution is 6.17. The third-order valence-electron chi connectivity index (χ3n) is 1.94. The first-order valence-electron chi connectivity index (χ1n) is 4.17. The first-order valence-corrected chi connectivity index (χ1v) is 4.70. The lowest BCUT2D eigenvalue weighted by Gasteiger charge is -2.12. The van der Waals surface area contributed by atoms with Gasteiger partial charge in [-0.15, -0.1) is 11.6 Å². The number of aliphatic hydroxyl groups is 1. The largest absolute Gasteiger partial charge is 0.493 e. The lowest BCUT2D eigenvalue weighted by Crippen LogP contribution is -1.97. The standard InChI is InChI=1S/C10H13ClO3/c1-13-9-4-7(5-11)3-8(6-12)10(9)14-2/h3-4,12H,5-6H2,1-2H3. The summed E-state index contributed by atoms with van der Waals surface area (Å²) < 4.78 is 10.3. The second-order valence-electron chi connectivity index (χ2n) is 2.78. The van der Waals surface area contributed by atoms with Gasteiger partial charge >= 0.3 is 0 Å². The molecule has 4 heteroatoms. The smallest absolute Gasteiger partial charge is 0.166 e. The fraction of sp³-hybridized carbons (Fsp3) is 0.400. The molecule has 0 spiro atoms. The van der Waals surface area contributed by atoms with Gasteiger partial charge in [0, 0.05) is 11.4 Å². The topological polar surface area (TPSA) is 38.7 Å². The summed E-state index contributed by atoms with van der Waals surface area (Å²) in [5, 5.41) is 9.11. The Balaban J connectivity index is 3.24. The van der Waals surface area contributed by atoms with Crippen LogP contribution >= 0.6 is 11.6 Å². The minimum Gasteiger partial charge on any atom is -0.493 e. The van der Waals surface area contributed by atoms with Crippen molar-refractivity contribution in [2.24, 2.45) is 0 Å². The summed E-state index contributed by atoms with van der Waals surface area (Å²) in [4.78, 5) is 0. The molecule has 0 heterocycles. The molecule has 1 N–H and O–H groups in total. The van der Waals surface area contributed by atoms with E-state index >= 15 is 0 Å². The zero-order valence-corrected chi connectivity index (χ0v) is 8.97. The van der Waals surface area contributed by atoms with Crippen LogP contribution in [0.3, 0.4) is 0 Å². The Kier molecular flexibility index (Phi) is 4.04. The molecular formula is C10H13ClO3. The number of rotatable bonds is 4. The highest BCUT2D eigenvalue weighted by atomic mass is 35.5. The van der Waals surface area contributed by atoms with E-state index < -0.39 is 0 Å². The number of ether oxygens (including phenoxy) is 2. The van der Waals surface area contributed by atoms with Crippen LogP contribution in [0.5, 0.6) is 11.5 Å². The van der Waals surface area contributed by atoms with Crippen LogP contribution in [-0.2, 0) is 12.5 Å². The van der Waals surface area contributed by atoms with Crippen molar-refractivity contribution in [2.45, 2.75) is 12.5 Å². The van der Waals surface area contributed by atoms with Crippen LogP contribution in [-0.4, -0.2) is 19.3 Å². The van der Waals surface area contributed by atoms with E-state index in [2.05, 4.69) is 0 Å². The molecule has 0 saturated carbocycles. The molecule has 0 saturated heterocycles. The van der Waals surface area contributed by atoms with Crippen LogP contribution in [0.4, 0.5) is 0 Å². The average Bonchev–Trinajstić information content (AvgIpc) is 2.26. The molecule has 0 aromatic heterocycles. The van der Waals surface area contributed by atoms with Gasteiger partial charge in [-0.1, -0.05) is 0 Å². The van der Waals surface area contributed by atoms with Gasteiger partial charge in [-0.05, 0) is 17.7 Å². The molecule has 14 heavy (non-hydrogen) atoms. The average molecular weight is 217 g/mol. The molecule has 0 bridgehead atoms. The summed E-state index contributed by atoms with van der Waals surface area (Å²) in [6, 6.07) is 3.60. The Labute approximate surface area is 88.2 Å². The van der Waals surface area contributed by atoms with E-state index in [1.807, 2.05) is 0 Å². The summed E-state index contributed by atoms with van der Waals surface area (Å²) in [5.41, 5.74) is 1.58. The predicted octanol–water partition coefficient (Wildman–Crippen LogP) is 1.93. The Hall–Kier alpha value is -0.930. The van der Waals surface area contributed by atoms with Crippen molar-refractivity contribution in [3.63, 3.8) is 0 Å². The van der Waals surface area contributed by atoms with Crippen LogP contribution in [0.2, 0.25) is 0 Å². The summed E-state index contributed by atoms with van der Waals surface area (Å²) in [7, 11) is 3.09. The minimum atomic E-state index is -0.0930. The SMILES string of the molecule is COc1cc(CCl)cc(CO)c1OC. The van der Waals surface area contributed by atoms with Crippen molar-refractivity contribution in [2.75, 3.05) is 14.2 Å². The van der Waals surface area contributed by atoms with Crippen LogP contribution in [0.15, 0.2) is 12.1 Å². The first-order chi connectivity index (χ1) is 6.76. The third-order valence-corrected chi connectivity index (χ3v) is 2.25. The van der Waals surface area contributed by atoms with E-state index in [4.69, 9.17) is 26.2 Å². The van der Waals surface area contributed by atoms with Crippen LogP contribution in [0.1, 0.15) is 11.1 Å². The predicted molar refractivity (Wildman–Crippen MR) is 55.0 cm³/mol. The van der Waals surface area contributed by atoms with Crippen molar-refractivity contribution < 1.29 is 14.6 Å². The fourth-order valence-corrected chi connectivity index (χ4v) is 1.46. The lowest BCUT2D eigenvalue weighted by molar-refractivity contribution is 0.269. The van der Waals surface area contributed by atoms with E-state index in [1.165, 1.54) is 7.11 Å². The van der Waals surface area contributed by atoms with Crippen LogP contribution in [0, 0.1) is 0 Å². The highest BCUT2D eigenvalue weighted by Gasteiger charge is 2.10. The lowest BCUT2D eigenvalue weighted by atomic mass is 10.1. The molecule has 78 valence electrons. The van der Waals surface area contributed by atoms with Crippen molar-refractivity contribution in [3.05, 3.63) is 23.3 Å².